The SMILES string of the molecule is CCC(C)CCCCCCCCC(=O)OC[C@H](COP(=O)(O)OCC(O)COP(=O)(O)OC[C@@H](COC(=O)CCCCCCCCC(C)C)OC(=O)CCCCCCCCCCCCCCCCCC(C)C)OC(=O)CCCCCCCCCCCCCCCC(C)C. The van der Waals surface area contributed by atoms with Crippen molar-refractivity contribution in [3.8, 4) is 0 Å². The summed E-state index contributed by atoms with van der Waals surface area (Å²) in [5, 5.41) is 10.6. The summed E-state index contributed by atoms with van der Waals surface area (Å²) in [5.74, 6) is 0.873. The number of phosphoric acid groups is 2. The monoisotopic (exact) mass is 1370 g/mol. The third kappa shape index (κ3) is 67.0. The molecule has 17 nitrogen and oxygen atoms in total. The predicted molar refractivity (Wildman–Crippen MR) is 377 cm³/mol. The van der Waals surface area contributed by atoms with Gasteiger partial charge in [-0.2, -0.15) is 0 Å². The van der Waals surface area contributed by atoms with E-state index in [1.807, 2.05) is 0 Å². The number of hydrogen-bond donors (Lipinski definition) is 3. The standard InChI is InChI=1S/C74H144O17P2/c1-9-67(8)53-45-37-31-33-39-47-55-72(77)85-61-70(91-74(79)57-49-41-29-25-21-17-13-15-19-23-27-35-43-51-65(4)5)63-89-93(82,83)87-59-68(75)58-86-92(80,81)88-62-69(60-84-71(76)54-46-38-32-30-36-44-52-66(6)7)90-73(78)56-48-40-28-24-20-16-12-10-11-14-18-22-26-34-42-50-64(2)3/h64-70,75H,9-63H2,1-8H3,(H,80,81)(H,82,83)/t67?,68?,69-,70-/m1/s1. The Morgan fingerprint density at radius 2 is 0.516 bits per heavy atom. The van der Waals surface area contributed by atoms with Crippen molar-refractivity contribution in [3.63, 3.8) is 0 Å². The second-order valence-electron chi connectivity index (χ2n) is 28.4. The fourth-order valence-electron chi connectivity index (χ4n) is 11.2. The number of aliphatic hydroxyl groups excluding tert-OH is 1. The first-order chi connectivity index (χ1) is 44.6. The molecule has 0 aliphatic carbocycles. The van der Waals surface area contributed by atoms with Crippen LogP contribution in [0, 0.1) is 23.7 Å². The molecule has 0 aliphatic heterocycles. The summed E-state index contributed by atoms with van der Waals surface area (Å²) in [7, 11) is -9.91. The molecule has 0 bridgehead atoms. The third-order valence-corrected chi connectivity index (χ3v) is 19.3. The van der Waals surface area contributed by atoms with E-state index < -0.39 is 97.5 Å². The van der Waals surface area contributed by atoms with Crippen molar-refractivity contribution in [2.45, 2.75) is 388 Å². The van der Waals surface area contributed by atoms with Crippen molar-refractivity contribution in [3.05, 3.63) is 0 Å². The van der Waals surface area contributed by atoms with Crippen molar-refractivity contribution in [2.75, 3.05) is 39.6 Å². The molecule has 4 unspecified atom stereocenters. The fourth-order valence-corrected chi connectivity index (χ4v) is 12.7. The van der Waals surface area contributed by atoms with Gasteiger partial charge in [0.2, 0.25) is 0 Å². The van der Waals surface area contributed by atoms with Crippen molar-refractivity contribution in [1.82, 2.24) is 0 Å². The molecule has 19 heteroatoms. The average Bonchev–Trinajstić information content (AvgIpc) is 2.95. The van der Waals surface area contributed by atoms with Gasteiger partial charge in [-0.25, -0.2) is 9.13 Å². The van der Waals surface area contributed by atoms with E-state index in [2.05, 4.69) is 55.4 Å². The number of ether oxygens (including phenoxy) is 4. The van der Waals surface area contributed by atoms with Crippen LogP contribution < -0.4 is 0 Å². The fraction of sp³-hybridized carbons (Fsp3) is 0.946. The molecule has 0 aromatic heterocycles. The highest BCUT2D eigenvalue weighted by molar-refractivity contribution is 7.47. The van der Waals surface area contributed by atoms with Crippen LogP contribution in [0.25, 0.3) is 0 Å². The molecule has 0 radical (unpaired) electrons. The Balaban J connectivity index is 5.20. The topological polar surface area (TPSA) is 237 Å². The molecule has 0 aromatic carbocycles. The Hall–Kier alpha value is -1.94. The van der Waals surface area contributed by atoms with Crippen LogP contribution >= 0.6 is 15.6 Å². The summed E-state index contributed by atoms with van der Waals surface area (Å²) in [5.41, 5.74) is 0. The number of rotatable bonds is 71. The number of aliphatic hydroxyl groups is 1. The van der Waals surface area contributed by atoms with Gasteiger partial charge in [-0.3, -0.25) is 37.3 Å². The van der Waals surface area contributed by atoms with E-state index in [4.69, 9.17) is 37.0 Å². The lowest BCUT2D eigenvalue weighted by molar-refractivity contribution is -0.161. The molecule has 3 N–H and O–H groups in total. The molecule has 0 rings (SSSR count). The van der Waals surface area contributed by atoms with E-state index in [9.17, 15) is 43.2 Å². The Kier molecular flexibility index (Phi) is 62.2. The minimum atomic E-state index is -4.95. The second-order valence-corrected chi connectivity index (χ2v) is 31.3. The van der Waals surface area contributed by atoms with Crippen LogP contribution in [-0.2, 0) is 65.4 Å². The van der Waals surface area contributed by atoms with Crippen LogP contribution in [0.5, 0.6) is 0 Å². The van der Waals surface area contributed by atoms with Gasteiger partial charge < -0.3 is 33.8 Å². The first kappa shape index (κ1) is 91.1. The highest BCUT2D eigenvalue weighted by Crippen LogP contribution is 2.45. The third-order valence-electron chi connectivity index (χ3n) is 17.4. The second kappa shape index (κ2) is 63.5. The molecule has 0 saturated heterocycles. The highest BCUT2D eigenvalue weighted by Gasteiger charge is 2.30. The maximum Gasteiger partial charge on any atom is 0.472 e. The molecule has 552 valence electrons. The largest absolute Gasteiger partial charge is 0.472 e. The van der Waals surface area contributed by atoms with E-state index in [0.717, 1.165) is 120 Å². The first-order valence-corrected chi connectivity index (χ1v) is 41.2. The molecule has 93 heavy (non-hydrogen) atoms. The van der Waals surface area contributed by atoms with Crippen molar-refractivity contribution < 1.29 is 80.2 Å². The quantitative estimate of drug-likeness (QED) is 0.0222. The number of unbranched alkanes of at least 4 members (excludes halogenated alkanes) is 36. The highest BCUT2D eigenvalue weighted by atomic mass is 31.2. The molecule has 0 amide bonds. The molecular formula is C74H144O17P2. The molecular weight excluding hydrogens is 1220 g/mol. The Morgan fingerprint density at radius 1 is 0.301 bits per heavy atom. The van der Waals surface area contributed by atoms with E-state index in [-0.39, 0.29) is 25.7 Å². The lowest BCUT2D eigenvalue weighted by Crippen LogP contribution is -2.30. The molecule has 0 heterocycles. The van der Waals surface area contributed by atoms with E-state index >= 15 is 0 Å². The summed E-state index contributed by atoms with van der Waals surface area (Å²) >= 11 is 0. The van der Waals surface area contributed by atoms with Crippen LogP contribution in [0.2, 0.25) is 0 Å². The van der Waals surface area contributed by atoms with Crippen LogP contribution in [0.4, 0.5) is 0 Å². The van der Waals surface area contributed by atoms with E-state index in [1.54, 1.807) is 0 Å². The lowest BCUT2D eigenvalue weighted by atomic mass is 10.00. The number of hydrogen-bond acceptors (Lipinski definition) is 15. The van der Waals surface area contributed by atoms with Gasteiger partial charge in [0.1, 0.15) is 19.3 Å². The van der Waals surface area contributed by atoms with Crippen molar-refractivity contribution in [2.24, 2.45) is 23.7 Å². The molecule has 6 atom stereocenters. The Labute approximate surface area is 568 Å². The van der Waals surface area contributed by atoms with Crippen LogP contribution in [0.1, 0.15) is 370 Å². The predicted octanol–water partition coefficient (Wildman–Crippen LogP) is 21.3. The Bertz CT molecular complexity index is 1840. The van der Waals surface area contributed by atoms with Gasteiger partial charge in [-0.1, -0.05) is 319 Å². The summed E-state index contributed by atoms with van der Waals surface area (Å²) in [6, 6.07) is 0. The van der Waals surface area contributed by atoms with Gasteiger partial charge in [-0.15, -0.1) is 0 Å². The maximum atomic E-state index is 13.0. The van der Waals surface area contributed by atoms with Gasteiger partial charge in [-0.05, 0) is 49.4 Å². The molecule has 0 spiro atoms. The molecule has 0 saturated carbocycles. The van der Waals surface area contributed by atoms with Gasteiger partial charge in [0.15, 0.2) is 12.2 Å². The zero-order valence-electron chi connectivity index (χ0n) is 60.9. The summed E-state index contributed by atoms with van der Waals surface area (Å²) < 4.78 is 68.4. The van der Waals surface area contributed by atoms with Gasteiger partial charge in [0, 0.05) is 25.7 Å². The van der Waals surface area contributed by atoms with Crippen LogP contribution in [0.3, 0.4) is 0 Å². The molecule has 0 aliphatic rings. The molecule has 0 aromatic rings. The number of esters is 4. The smallest absolute Gasteiger partial charge is 0.462 e. The first-order valence-electron chi connectivity index (χ1n) is 38.2. The Morgan fingerprint density at radius 3 is 0.763 bits per heavy atom. The summed E-state index contributed by atoms with van der Waals surface area (Å²) in [6.45, 7) is 14.1. The van der Waals surface area contributed by atoms with Crippen LogP contribution in [-0.4, -0.2) is 96.7 Å². The lowest BCUT2D eigenvalue weighted by Gasteiger charge is -2.21. The van der Waals surface area contributed by atoms with Gasteiger partial charge in [0.05, 0.1) is 26.4 Å². The normalized spacial score (nSPS) is 14.5. The summed E-state index contributed by atoms with van der Waals surface area (Å²) in [4.78, 5) is 72.7. The molecule has 0 fully saturated rings. The van der Waals surface area contributed by atoms with Gasteiger partial charge >= 0.3 is 39.5 Å². The number of phosphoric ester groups is 2. The maximum absolute atomic E-state index is 13.0. The van der Waals surface area contributed by atoms with Gasteiger partial charge in [0.25, 0.3) is 0 Å². The van der Waals surface area contributed by atoms with Crippen LogP contribution in [0.15, 0.2) is 0 Å². The minimum Gasteiger partial charge on any atom is -0.462 e. The zero-order chi connectivity index (χ0) is 68.9. The van der Waals surface area contributed by atoms with Crippen molar-refractivity contribution >= 4 is 39.5 Å². The van der Waals surface area contributed by atoms with Crippen molar-refractivity contribution in [1.29, 1.82) is 0 Å². The summed E-state index contributed by atoms with van der Waals surface area (Å²) in [6.07, 6.45) is 47.4. The number of carbonyl (C=O) groups is 4. The minimum absolute atomic E-state index is 0.106. The van der Waals surface area contributed by atoms with E-state index in [1.165, 1.54) is 161 Å². The zero-order valence-corrected chi connectivity index (χ0v) is 62.7. The average molecular weight is 1370 g/mol. The number of carbonyl (C=O) groups excluding carboxylic acids is 4. The van der Waals surface area contributed by atoms with E-state index in [0.29, 0.717) is 31.6 Å².